The van der Waals surface area contributed by atoms with E-state index in [0.717, 1.165) is 18.8 Å². The number of nitrogens with zero attached hydrogens (tertiary/aromatic N) is 1. The minimum atomic E-state index is -3.41. The highest BCUT2D eigenvalue weighted by Crippen LogP contribution is 2.34. The van der Waals surface area contributed by atoms with Crippen LogP contribution in [0.2, 0.25) is 0 Å². The zero-order valence-electron chi connectivity index (χ0n) is 9.31. The second-order valence-corrected chi connectivity index (χ2v) is 6.00. The Balaban J connectivity index is 2.01. The normalized spacial score (nSPS) is 18.6. The number of rotatable bonds is 6. The molecule has 0 saturated heterocycles. The van der Waals surface area contributed by atoms with Crippen molar-refractivity contribution in [2.45, 2.75) is 43.7 Å². The Morgan fingerprint density at radius 1 is 1.62 bits per heavy atom. The van der Waals surface area contributed by atoms with Crippen LogP contribution in [0.5, 0.6) is 0 Å². The Bertz CT molecular complexity index is 423. The topological polar surface area (TPSA) is 74.8 Å². The number of sulfonamides is 1. The van der Waals surface area contributed by atoms with E-state index in [1.54, 1.807) is 0 Å². The van der Waals surface area contributed by atoms with Crippen LogP contribution in [-0.4, -0.2) is 24.4 Å². The molecule has 1 aliphatic carbocycles. The number of aromatic nitrogens is 2. The fourth-order valence-electron chi connectivity index (χ4n) is 1.73. The second-order valence-electron chi connectivity index (χ2n) is 4.32. The first-order valence-electron chi connectivity index (χ1n) is 5.62. The molecule has 1 heterocycles. The zero-order valence-corrected chi connectivity index (χ0v) is 10.1. The average Bonchev–Trinajstić information content (AvgIpc) is 2.86. The molecular formula is C10H17N3O2S. The van der Waals surface area contributed by atoms with Crippen LogP contribution in [-0.2, 0) is 10.0 Å². The molecule has 90 valence electrons. The summed E-state index contributed by atoms with van der Waals surface area (Å²) in [5.41, 5.74) is 0. The number of hydrogen-bond acceptors (Lipinski definition) is 3. The summed E-state index contributed by atoms with van der Waals surface area (Å²) in [4.78, 5) is 6.33. The highest BCUT2D eigenvalue weighted by molar-refractivity contribution is 7.89. The molecule has 0 amide bonds. The van der Waals surface area contributed by atoms with Gasteiger partial charge in [0.1, 0.15) is 0 Å². The number of hydrogen-bond donors (Lipinski definition) is 2. The van der Waals surface area contributed by atoms with Crippen molar-refractivity contribution in [2.75, 3.05) is 0 Å². The van der Waals surface area contributed by atoms with Gasteiger partial charge >= 0.3 is 0 Å². The zero-order chi connectivity index (χ0) is 11.6. The van der Waals surface area contributed by atoms with Crippen LogP contribution in [0.4, 0.5) is 0 Å². The molecule has 0 aliphatic heterocycles. The maximum Gasteiger partial charge on any atom is 0.257 e. The molecule has 1 aromatic heterocycles. The molecule has 2 rings (SSSR count). The van der Waals surface area contributed by atoms with E-state index in [9.17, 15) is 8.42 Å². The van der Waals surface area contributed by atoms with Crippen molar-refractivity contribution in [3.8, 4) is 0 Å². The molecule has 1 aliphatic rings. The largest absolute Gasteiger partial charge is 0.335 e. The molecule has 0 radical (unpaired) electrons. The lowest BCUT2D eigenvalue weighted by Gasteiger charge is -2.15. The van der Waals surface area contributed by atoms with Gasteiger partial charge in [0.2, 0.25) is 0 Å². The van der Waals surface area contributed by atoms with Gasteiger partial charge in [0.15, 0.2) is 5.03 Å². The van der Waals surface area contributed by atoms with Crippen molar-refractivity contribution in [3.05, 3.63) is 12.5 Å². The van der Waals surface area contributed by atoms with Gasteiger partial charge in [0.05, 0.1) is 12.5 Å². The summed E-state index contributed by atoms with van der Waals surface area (Å²) < 4.78 is 26.5. The molecule has 0 aromatic carbocycles. The summed E-state index contributed by atoms with van der Waals surface area (Å²) in [6, 6.07) is 0.0424. The number of imidazole rings is 1. The maximum absolute atomic E-state index is 11.9. The molecule has 1 atom stereocenters. The van der Waals surface area contributed by atoms with Crippen molar-refractivity contribution >= 4 is 10.0 Å². The second kappa shape index (κ2) is 4.55. The first-order valence-corrected chi connectivity index (χ1v) is 7.11. The predicted octanol–water partition coefficient (Wildman–Crippen LogP) is 1.27. The van der Waals surface area contributed by atoms with Crippen molar-refractivity contribution in [1.82, 2.24) is 14.7 Å². The van der Waals surface area contributed by atoms with Gasteiger partial charge < -0.3 is 4.98 Å². The lowest BCUT2D eigenvalue weighted by Crippen LogP contribution is -2.34. The van der Waals surface area contributed by atoms with E-state index < -0.39 is 10.0 Å². The van der Waals surface area contributed by atoms with E-state index >= 15 is 0 Å². The van der Waals surface area contributed by atoms with E-state index in [1.807, 2.05) is 6.92 Å². The Morgan fingerprint density at radius 3 is 2.88 bits per heavy atom. The van der Waals surface area contributed by atoms with E-state index in [-0.39, 0.29) is 11.1 Å². The van der Waals surface area contributed by atoms with E-state index in [0.29, 0.717) is 0 Å². The molecule has 1 fully saturated rings. The molecule has 5 nitrogen and oxygen atoms in total. The van der Waals surface area contributed by atoms with Gasteiger partial charge in [-0.3, -0.25) is 0 Å². The highest BCUT2D eigenvalue weighted by atomic mass is 32.2. The summed E-state index contributed by atoms with van der Waals surface area (Å²) >= 11 is 0. The molecule has 16 heavy (non-hydrogen) atoms. The Morgan fingerprint density at radius 2 is 2.38 bits per heavy atom. The van der Waals surface area contributed by atoms with Gasteiger partial charge in [-0.2, -0.15) is 0 Å². The first kappa shape index (κ1) is 11.6. The Labute approximate surface area is 95.7 Å². The number of H-pyrrole nitrogens is 1. The smallest absolute Gasteiger partial charge is 0.257 e. The summed E-state index contributed by atoms with van der Waals surface area (Å²) in [7, 11) is -3.41. The van der Waals surface area contributed by atoms with Gasteiger partial charge in [-0.15, -0.1) is 0 Å². The number of nitrogens with one attached hydrogen (secondary N) is 2. The quantitative estimate of drug-likeness (QED) is 0.790. The molecule has 0 bridgehead atoms. The standard InChI is InChI=1S/C10H17N3O2S/c1-2-9(5-8-3-4-8)13-16(14,15)10-6-11-7-12-10/h6-9,13H,2-5H2,1H3,(H,11,12). The fourth-order valence-corrected chi connectivity index (χ4v) is 2.96. The lowest BCUT2D eigenvalue weighted by molar-refractivity contribution is 0.494. The first-order chi connectivity index (χ1) is 7.62. The van der Waals surface area contributed by atoms with Crippen LogP contribution in [0.3, 0.4) is 0 Å². The van der Waals surface area contributed by atoms with E-state index in [2.05, 4.69) is 14.7 Å². The van der Waals surface area contributed by atoms with Crippen LogP contribution in [0.25, 0.3) is 0 Å². The maximum atomic E-state index is 11.9. The molecular weight excluding hydrogens is 226 g/mol. The molecule has 1 aromatic rings. The third-order valence-electron chi connectivity index (χ3n) is 2.89. The van der Waals surface area contributed by atoms with E-state index in [4.69, 9.17) is 0 Å². The number of aromatic amines is 1. The third kappa shape index (κ3) is 2.82. The predicted molar refractivity (Wildman–Crippen MR) is 60.3 cm³/mol. The lowest BCUT2D eigenvalue weighted by atomic mass is 10.1. The monoisotopic (exact) mass is 243 g/mol. The molecule has 6 heteroatoms. The van der Waals surface area contributed by atoms with Crippen LogP contribution < -0.4 is 4.72 Å². The van der Waals surface area contributed by atoms with Crippen molar-refractivity contribution in [2.24, 2.45) is 5.92 Å². The molecule has 1 saturated carbocycles. The van der Waals surface area contributed by atoms with Gasteiger partial charge in [-0.25, -0.2) is 18.1 Å². The average molecular weight is 243 g/mol. The molecule has 1 unspecified atom stereocenters. The Hall–Kier alpha value is -0.880. The third-order valence-corrected chi connectivity index (χ3v) is 4.34. The highest BCUT2D eigenvalue weighted by Gasteiger charge is 2.27. The van der Waals surface area contributed by atoms with Crippen LogP contribution in [0.1, 0.15) is 32.6 Å². The molecule has 2 N–H and O–H groups in total. The SMILES string of the molecule is CCC(CC1CC1)NS(=O)(=O)c1cnc[nH]1. The summed E-state index contributed by atoms with van der Waals surface area (Å²) in [5, 5.41) is 0.141. The summed E-state index contributed by atoms with van der Waals surface area (Å²) in [6.45, 7) is 2.00. The van der Waals surface area contributed by atoms with Gasteiger partial charge in [-0.05, 0) is 18.8 Å². The minimum absolute atomic E-state index is 0.0424. The van der Waals surface area contributed by atoms with Gasteiger partial charge in [-0.1, -0.05) is 19.8 Å². The molecule has 0 spiro atoms. The van der Waals surface area contributed by atoms with Crippen LogP contribution in [0.15, 0.2) is 17.6 Å². The van der Waals surface area contributed by atoms with Crippen LogP contribution in [0, 0.1) is 5.92 Å². The summed E-state index contributed by atoms with van der Waals surface area (Å²) in [5.74, 6) is 0.717. The minimum Gasteiger partial charge on any atom is -0.335 e. The fraction of sp³-hybridized carbons (Fsp3) is 0.700. The summed E-state index contributed by atoms with van der Waals surface area (Å²) in [6.07, 6.45) is 6.95. The van der Waals surface area contributed by atoms with Crippen molar-refractivity contribution in [1.29, 1.82) is 0 Å². The van der Waals surface area contributed by atoms with Gasteiger partial charge in [0.25, 0.3) is 10.0 Å². The van der Waals surface area contributed by atoms with Crippen LogP contribution >= 0.6 is 0 Å². The Kier molecular flexibility index (Phi) is 3.30. The van der Waals surface area contributed by atoms with Gasteiger partial charge in [0, 0.05) is 6.04 Å². The van der Waals surface area contributed by atoms with Crippen molar-refractivity contribution in [3.63, 3.8) is 0 Å². The van der Waals surface area contributed by atoms with E-state index in [1.165, 1.54) is 25.4 Å². The van der Waals surface area contributed by atoms with Crippen molar-refractivity contribution < 1.29 is 8.42 Å².